The Bertz CT molecular complexity index is 1240. The van der Waals surface area contributed by atoms with Crippen molar-refractivity contribution in [2.45, 2.75) is 46.7 Å². The zero-order valence-electron chi connectivity index (χ0n) is 21.2. The van der Waals surface area contributed by atoms with E-state index in [0.29, 0.717) is 23.7 Å². The summed E-state index contributed by atoms with van der Waals surface area (Å²) in [6, 6.07) is 12.6. The molecule has 3 rings (SSSR count). The number of thiophene rings is 1. The van der Waals surface area contributed by atoms with E-state index in [4.69, 9.17) is 9.84 Å². The average molecular weight is 534 g/mol. The van der Waals surface area contributed by atoms with E-state index in [-0.39, 0.29) is 24.3 Å². The molecule has 9 heteroatoms. The fourth-order valence-corrected chi connectivity index (χ4v) is 5.24. The molecule has 0 aliphatic rings. The van der Waals surface area contributed by atoms with Gasteiger partial charge in [0.05, 0.1) is 23.5 Å². The number of aryl methyl sites for hydroxylation is 2. The minimum Gasteiger partial charge on any atom is -0.493 e. The van der Waals surface area contributed by atoms with Crippen molar-refractivity contribution in [1.82, 2.24) is 5.32 Å². The Morgan fingerprint density at radius 3 is 2.19 bits per heavy atom. The number of hydrogen-bond acceptors (Lipinski definition) is 4. The molecule has 0 saturated carbocycles. The molecular formula is C28H30F3NO4S. The van der Waals surface area contributed by atoms with Crippen molar-refractivity contribution in [3.8, 4) is 16.9 Å². The van der Waals surface area contributed by atoms with Gasteiger partial charge in [0.25, 0.3) is 5.91 Å². The number of alkyl halides is 3. The maximum absolute atomic E-state index is 12.9. The summed E-state index contributed by atoms with van der Waals surface area (Å²) < 4.78 is 44.8. The summed E-state index contributed by atoms with van der Waals surface area (Å²) in [6.07, 6.45) is -3.81. The van der Waals surface area contributed by atoms with Crippen molar-refractivity contribution in [3.63, 3.8) is 0 Å². The monoisotopic (exact) mass is 533 g/mol. The third-order valence-electron chi connectivity index (χ3n) is 5.80. The van der Waals surface area contributed by atoms with Gasteiger partial charge in [-0.25, -0.2) is 0 Å². The zero-order valence-corrected chi connectivity index (χ0v) is 22.0. The summed E-state index contributed by atoms with van der Waals surface area (Å²) in [5, 5.41) is 11.3. The van der Waals surface area contributed by atoms with Crippen molar-refractivity contribution in [2.24, 2.45) is 5.41 Å². The fraction of sp³-hybridized carbons (Fsp3) is 0.357. The Kier molecular flexibility index (Phi) is 8.68. The van der Waals surface area contributed by atoms with Gasteiger partial charge in [0.2, 0.25) is 0 Å². The number of carbonyl (C=O) groups excluding carboxylic acids is 1. The predicted octanol–water partition coefficient (Wildman–Crippen LogP) is 6.90. The van der Waals surface area contributed by atoms with Crippen LogP contribution in [0.5, 0.6) is 5.75 Å². The number of carbonyl (C=O) groups is 2. The first-order valence-corrected chi connectivity index (χ1v) is 12.6. The molecule has 2 N–H and O–H groups in total. The van der Waals surface area contributed by atoms with Gasteiger partial charge in [-0.05, 0) is 78.9 Å². The van der Waals surface area contributed by atoms with Crippen LogP contribution in [-0.2, 0) is 17.4 Å². The summed E-state index contributed by atoms with van der Waals surface area (Å²) in [5.74, 6) is -0.567. The van der Waals surface area contributed by atoms with Crippen LogP contribution in [0, 0.1) is 19.3 Å². The first-order valence-electron chi connectivity index (χ1n) is 11.8. The normalized spacial score (nSPS) is 11.9. The molecular weight excluding hydrogens is 503 g/mol. The molecule has 0 aliphatic heterocycles. The van der Waals surface area contributed by atoms with E-state index in [1.54, 1.807) is 6.07 Å². The first kappa shape index (κ1) is 28.2. The van der Waals surface area contributed by atoms with Crippen LogP contribution in [0.1, 0.15) is 51.5 Å². The Balaban J connectivity index is 1.63. The van der Waals surface area contributed by atoms with Crippen molar-refractivity contribution in [3.05, 3.63) is 75.0 Å². The lowest BCUT2D eigenvalue weighted by atomic mass is 9.89. The summed E-state index contributed by atoms with van der Waals surface area (Å²) in [4.78, 5) is 24.4. The highest BCUT2D eigenvalue weighted by molar-refractivity contribution is 7.14. The molecule has 1 aromatic heterocycles. The van der Waals surface area contributed by atoms with Gasteiger partial charge < -0.3 is 15.2 Å². The van der Waals surface area contributed by atoms with Crippen LogP contribution >= 0.6 is 11.3 Å². The Morgan fingerprint density at radius 2 is 1.62 bits per heavy atom. The highest BCUT2D eigenvalue weighted by atomic mass is 32.1. The van der Waals surface area contributed by atoms with E-state index >= 15 is 0 Å². The number of carboxylic acids is 1. The fourth-order valence-electron chi connectivity index (χ4n) is 4.05. The molecule has 0 fully saturated rings. The van der Waals surface area contributed by atoms with Crippen LogP contribution in [-0.4, -0.2) is 30.1 Å². The molecule has 0 unspecified atom stereocenters. The van der Waals surface area contributed by atoms with Crippen LogP contribution in [0.2, 0.25) is 0 Å². The first-order chi connectivity index (χ1) is 17.2. The van der Waals surface area contributed by atoms with Crippen molar-refractivity contribution >= 4 is 23.2 Å². The predicted molar refractivity (Wildman–Crippen MR) is 138 cm³/mol. The zero-order chi connectivity index (χ0) is 27.4. The van der Waals surface area contributed by atoms with Gasteiger partial charge in [-0.3, -0.25) is 9.59 Å². The van der Waals surface area contributed by atoms with Gasteiger partial charge in [0, 0.05) is 16.8 Å². The molecule has 37 heavy (non-hydrogen) atoms. The van der Waals surface area contributed by atoms with Crippen LogP contribution in [0.4, 0.5) is 13.2 Å². The molecule has 0 radical (unpaired) electrons. The molecule has 5 nitrogen and oxygen atoms in total. The van der Waals surface area contributed by atoms with Gasteiger partial charge >= 0.3 is 12.1 Å². The second-order valence-electron chi connectivity index (χ2n) is 9.80. The van der Waals surface area contributed by atoms with Gasteiger partial charge in [0.15, 0.2) is 0 Å². The minimum atomic E-state index is -4.37. The molecule has 0 spiro atoms. The number of nitrogens with one attached hydrogen (secondary N) is 1. The van der Waals surface area contributed by atoms with Crippen LogP contribution < -0.4 is 10.1 Å². The highest BCUT2D eigenvalue weighted by Crippen LogP contribution is 2.35. The number of carboxylic acid groups (broad SMARTS) is 1. The quantitative estimate of drug-likeness (QED) is 0.297. The smallest absolute Gasteiger partial charge is 0.416 e. The third-order valence-corrected chi connectivity index (χ3v) is 6.88. The maximum Gasteiger partial charge on any atom is 0.416 e. The number of halogens is 3. The second kappa shape index (κ2) is 11.4. The van der Waals surface area contributed by atoms with E-state index in [1.807, 2.05) is 32.0 Å². The van der Waals surface area contributed by atoms with Gasteiger partial charge in [-0.2, -0.15) is 13.2 Å². The summed E-state index contributed by atoms with van der Waals surface area (Å²) >= 11 is 1.37. The van der Waals surface area contributed by atoms with E-state index in [2.05, 4.69) is 19.2 Å². The Morgan fingerprint density at radius 1 is 1.00 bits per heavy atom. The molecule has 1 amide bonds. The standard InChI is InChI=1S/C28H30F3NO4S/c1-17-13-21(14-18(2)25(17)19-5-7-20(8-6-19)28(29,30)31)36-16-27(3,4)15-22-9-10-23(37-22)26(35)32-12-11-24(33)34/h5-10,13-14H,11-12,15-16H2,1-4H3,(H,32,35)(H,33,34). The number of hydrogen-bond donors (Lipinski definition) is 2. The molecule has 0 saturated heterocycles. The van der Waals surface area contributed by atoms with Crippen molar-refractivity contribution < 1.29 is 32.6 Å². The molecule has 0 aliphatic carbocycles. The van der Waals surface area contributed by atoms with Gasteiger partial charge in [0.1, 0.15) is 5.75 Å². The summed E-state index contributed by atoms with van der Waals surface area (Å²) in [6.45, 7) is 8.45. The largest absolute Gasteiger partial charge is 0.493 e. The third kappa shape index (κ3) is 7.82. The minimum absolute atomic E-state index is 0.0806. The number of amides is 1. The lowest BCUT2D eigenvalue weighted by molar-refractivity contribution is -0.138. The molecule has 0 atom stereocenters. The number of rotatable bonds is 10. The average Bonchev–Trinajstić information content (AvgIpc) is 3.25. The van der Waals surface area contributed by atoms with Crippen LogP contribution in [0.25, 0.3) is 11.1 Å². The lowest BCUT2D eigenvalue weighted by Gasteiger charge is -2.25. The number of aliphatic carboxylic acids is 1. The molecule has 1 heterocycles. The molecule has 2 aromatic carbocycles. The highest BCUT2D eigenvalue weighted by Gasteiger charge is 2.30. The topological polar surface area (TPSA) is 75.6 Å². The van der Waals surface area contributed by atoms with E-state index in [1.165, 1.54) is 23.5 Å². The van der Waals surface area contributed by atoms with Crippen molar-refractivity contribution in [2.75, 3.05) is 13.2 Å². The molecule has 3 aromatic rings. The molecule has 0 bridgehead atoms. The number of benzene rings is 2. The summed E-state index contributed by atoms with van der Waals surface area (Å²) in [5.41, 5.74) is 2.50. The Labute approximate surface area is 218 Å². The molecule has 198 valence electrons. The van der Waals surface area contributed by atoms with Crippen LogP contribution in [0.15, 0.2) is 48.5 Å². The van der Waals surface area contributed by atoms with Gasteiger partial charge in [-0.15, -0.1) is 11.3 Å². The van der Waals surface area contributed by atoms with E-state index in [0.717, 1.165) is 39.3 Å². The van der Waals surface area contributed by atoms with Crippen LogP contribution in [0.3, 0.4) is 0 Å². The number of ether oxygens (including phenoxy) is 1. The SMILES string of the molecule is Cc1cc(OCC(C)(C)Cc2ccc(C(=O)NCCC(=O)O)s2)cc(C)c1-c1ccc(C(F)(F)F)cc1. The lowest BCUT2D eigenvalue weighted by Crippen LogP contribution is -2.25. The van der Waals surface area contributed by atoms with E-state index in [9.17, 15) is 22.8 Å². The second-order valence-corrected chi connectivity index (χ2v) is 11.0. The van der Waals surface area contributed by atoms with E-state index < -0.39 is 17.7 Å². The van der Waals surface area contributed by atoms with Crippen molar-refractivity contribution in [1.29, 1.82) is 0 Å². The Hall–Kier alpha value is -3.33. The maximum atomic E-state index is 12.9. The van der Waals surface area contributed by atoms with Gasteiger partial charge in [-0.1, -0.05) is 26.0 Å². The summed E-state index contributed by atoms with van der Waals surface area (Å²) in [7, 11) is 0.